The van der Waals surface area contributed by atoms with Crippen molar-refractivity contribution < 1.29 is 4.79 Å². The van der Waals surface area contributed by atoms with Crippen LogP contribution in [0, 0.1) is 0 Å². The quantitative estimate of drug-likeness (QED) is 0.717. The second-order valence-corrected chi connectivity index (χ2v) is 3.47. The number of carbonyl (C=O) groups excluding carboxylic acids is 1. The van der Waals surface area contributed by atoms with Crippen molar-refractivity contribution in [2.24, 2.45) is 0 Å². The lowest BCUT2D eigenvalue weighted by Crippen LogP contribution is -2.27. The van der Waals surface area contributed by atoms with E-state index in [0.29, 0.717) is 24.5 Å². The van der Waals surface area contributed by atoms with Gasteiger partial charge in [0.2, 0.25) is 5.91 Å². The normalized spacial score (nSPS) is 11.5. The summed E-state index contributed by atoms with van der Waals surface area (Å²) in [5, 5.41) is 3.53. The van der Waals surface area contributed by atoms with Crippen LogP contribution in [0.5, 0.6) is 0 Å². The maximum atomic E-state index is 11.1. The SMILES string of the molecule is CN(C)C(=O)CCNCC(Cl)=CCl. The monoisotopic (exact) mass is 224 g/mol. The molecular weight excluding hydrogens is 211 g/mol. The van der Waals surface area contributed by atoms with Crippen molar-refractivity contribution in [1.82, 2.24) is 10.2 Å². The molecule has 0 saturated carbocycles. The van der Waals surface area contributed by atoms with E-state index >= 15 is 0 Å². The lowest BCUT2D eigenvalue weighted by molar-refractivity contribution is -0.128. The molecule has 0 unspecified atom stereocenters. The first kappa shape index (κ1) is 12.8. The zero-order chi connectivity index (χ0) is 10.3. The molecule has 0 spiro atoms. The lowest BCUT2D eigenvalue weighted by atomic mass is 10.4. The highest BCUT2D eigenvalue weighted by Crippen LogP contribution is 2.00. The second-order valence-electron chi connectivity index (χ2n) is 2.77. The smallest absolute Gasteiger partial charge is 0.223 e. The van der Waals surface area contributed by atoms with Gasteiger partial charge >= 0.3 is 0 Å². The summed E-state index contributed by atoms with van der Waals surface area (Å²) in [6.45, 7) is 1.11. The van der Waals surface area contributed by atoms with Crippen molar-refractivity contribution in [3.63, 3.8) is 0 Å². The molecule has 76 valence electrons. The van der Waals surface area contributed by atoms with Crippen LogP contribution in [0.25, 0.3) is 0 Å². The molecule has 0 atom stereocenters. The molecule has 13 heavy (non-hydrogen) atoms. The molecule has 0 aliphatic carbocycles. The summed E-state index contributed by atoms with van der Waals surface area (Å²) in [6.07, 6.45) is 0.472. The summed E-state index contributed by atoms with van der Waals surface area (Å²) in [7, 11) is 3.46. The number of amides is 1. The minimum atomic E-state index is 0.0958. The molecule has 0 bridgehead atoms. The molecule has 0 aliphatic rings. The third-order valence-electron chi connectivity index (χ3n) is 1.43. The first-order chi connectivity index (χ1) is 6.07. The maximum Gasteiger partial charge on any atom is 0.223 e. The zero-order valence-electron chi connectivity index (χ0n) is 7.81. The molecule has 0 aromatic carbocycles. The average Bonchev–Trinajstić information content (AvgIpc) is 2.11. The van der Waals surface area contributed by atoms with E-state index in [9.17, 15) is 4.79 Å². The number of carbonyl (C=O) groups is 1. The predicted octanol–water partition coefficient (Wildman–Crippen LogP) is 1.37. The Kier molecular flexibility index (Phi) is 7.04. The summed E-state index contributed by atoms with van der Waals surface area (Å²) in [4.78, 5) is 12.6. The Morgan fingerprint density at radius 1 is 1.54 bits per heavy atom. The molecule has 0 aromatic rings. The molecular formula is C8H14Cl2N2O. The molecule has 0 saturated heterocycles. The van der Waals surface area contributed by atoms with Crippen LogP contribution in [0.4, 0.5) is 0 Å². The number of nitrogens with one attached hydrogen (secondary N) is 1. The van der Waals surface area contributed by atoms with Gasteiger partial charge in [-0.1, -0.05) is 23.2 Å². The summed E-state index contributed by atoms with van der Waals surface area (Å²) < 4.78 is 0. The molecule has 0 aromatic heterocycles. The minimum Gasteiger partial charge on any atom is -0.349 e. The van der Waals surface area contributed by atoms with Crippen molar-refractivity contribution in [2.75, 3.05) is 27.2 Å². The topological polar surface area (TPSA) is 32.3 Å². The highest BCUT2D eigenvalue weighted by atomic mass is 35.5. The van der Waals surface area contributed by atoms with Gasteiger partial charge in [-0.25, -0.2) is 0 Å². The molecule has 0 aliphatic heterocycles. The van der Waals surface area contributed by atoms with E-state index in [1.807, 2.05) is 0 Å². The first-order valence-electron chi connectivity index (χ1n) is 3.93. The number of hydrogen-bond donors (Lipinski definition) is 1. The highest BCUT2D eigenvalue weighted by Gasteiger charge is 2.02. The van der Waals surface area contributed by atoms with E-state index in [1.165, 1.54) is 5.54 Å². The van der Waals surface area contributed by atoms with Gasteiger partial charge in [0.05, 0.1) is 0 Å². The largest absolute Gasteiger partial charge is 0.349 e. The third-order valence-corrected chi connectivity index (χ3v) is 2.04. The number of halogens is 2. The Balaban J connectivity index is 3.41. The van der Waals surface area contributed by atoms with Gasteiger partial charge < -0.3 is 10.2 Å². The maximum absolute atomic E-state index is 11.1. The van der Waals surface area contributed by atoms with Gasteiger partial charge in [0, 0.05) is 44.2 Å². The van der Waals surface area contributed by atoms with Gasteiger partial charge in [-0.3, -0.25) is 4.79 Å². The van der Waals surface area contributed by atoms with Crippen LogP contribution in [-0.4, -0.2) is 38.0 Å². The van der Waals surface area contributed by atoms with E-state index < -0.39 is 0 Å². The Hall–Kier alpha value is -0.250. The Morgan fingerprint density at radius 3 is 2.62 bits per heavy atom. The van der Waals surface area contributed by atoms with Crippen LogP contribution in [0.15, 0.2) is 10.6 Å². The van der Waals surface area contributed by atoms with Gasteiger partial charge in [0.15, 0.2) is 0 Å². The van der Waals surface area contributed by atoms with E-state index in [0.717, 1.165) is 0 Å². The van der Waals surface area contributed by atoms with Crippen LogP contribution >= 0.6 is 23.2 Å². The van der Waals surface area contributed by atoms with Gasteiger partial charge in [-0.15, -0.1) is 0 Å². The molecule has 5 heteroatoms. The van der Waals surface area contributed by atoms with Crippen LogP contribution in [0.2, 0.25) is 0 Å². The predicted molar refractivity (Wildman–Crippen MR) is 56.0 cm³/mol. The first-order valence-corrected chi connectivity index (χ1v) is 4.75. The van der Waals surface area contributed by atoms with Crippen LogP contribution < -0.4 is 5.32 Å². The fourth-order valence-electron chi connectivity index (χ4n) is 0.665. The average molecular weight is 225 g/mol. The molecule has 0 heterocycles. The van der Waals surface area contributed by atoms with Crippen molar-refractivity contribution in [3.8, 4) is 0 Å². The van der Waals surface area contributed by atoms with Crippen molar-refractivity contribution in [1.29, 1.82) is 0 Å². The molecule has 3 nitrogen and oxygen atoms in total. The lowest BCUT2D eigenvalue weighted by Gasteiger charge is -2.09. The number of rotatable bonds is 5. The third kappa shape index (κ3) is 6.87. The Labute approximate surface area is 88.7 Å². The summed E-state index contributed by atoms with van der Waals surface area (Å²) >= 11 is 10.9. The van der Waals surface area contributed by atoms with Crippen LogP contribution in [0.3, 0.4) is 0 Å². The van der Waals surface area contributed by atoms with Crippen LogP contribution in [-0.2, 0) is 4.79 Å². The molecule has 0 radical (unpaired) electrons. The Bertz CT molecular complexity index is 193. The fourth-order valence-corrected chi connectivity index (χ4v) is 0.837. The minimum absolute atomic E-state index is 0.0958. The zero-order valence-corrected chi connectivity index (χ0v) is 9.32. The van der Waals surface area contributed by atoms with Crippen molar-refractivity contribution in [2.45, 2.75) is 6.42 Å². The van der Waals surface area contributed by atoms with Crippen molar-refractivity contribution >= 4 is 29.1 Å². The molecule has 1 N–H and O–H groups in total. The van der Waals surface area contributed by atoms with E-state index in [-0.39, 0.29) is 5.91 Å². The molecule has 0 rings (SSSR count). The number of hydrogen-bond acceptors (Lipinski definition) is 2. The van der Waals surface area contributed by atoms with Gasteiger partial charge in [-0.05, 0) is 0 Å². The summed E-state index contributed by atoms with van der Waals surface area (Å²) in [5.74, 6) is 0.0958. The standard InChI is InChI=1S/C8H14Cl2N2O/c1-12(2)8(13)3-4-11-6-7(10)5-9/h5,11H,3-4,6H2,1-2H3. The Morgan fingerprint density at radius 2 is 2.15 bits per heavy atom. The molecule has 1 amide bonds. The second kappa shape index (κ2) is 7.18. The van der Waals surface area contributed by atoms with Gasteiger partial charge in [0.25, 0.3) is 0 Å². The number of nitrogens with zero attached hydrogens (tertiary/aromatic N) is 1. The van der Waals surface area contributed by atoms with Gasteiger partial charge in [0.1, 0.15) is 0 Å². The summed E-state index contributed by atoms with van der Waals surface area (Å²) in [5.41, 5.74) is 1.31. The van der Waals surface area contributed by atoms with E-state index in [4.69, 9.17) is 23.2 Å². The highest BCUT2D eigenvalue weighted by molar-refractivity contribution is 6.36. The van der Waals surface area contributed by atoms with Crippen molar-refractivity contribution in [3.05, 3.63) is 10.6 Å². The fraction of sp³-hybridized carbons (Fsp3) is 0.625. The van der Waals surface area contributed by atoms with E-state index in [1.54, 1.807) is 19.0 Å². The summed E-state index contributed by atoms with van der Waals surface area (Å²) in [6, 6.07) is 0. The van der Waals surface area contributed by atoms with Gasteiger partial charge in [-0.2, -0.15) is 0 Å². The van der Waals surface area contributed by atoms with Crippen LogP contribution in [0.1, 0.15) is 6.42 Å². The van der Waals surface area contributed by atoms with E-state index in [2.05, 4.69) is 5.32 Å². The molecule has 0 fully saturated rings.